The fourth-order valence-electron chi connectivity index (χ4n) is 4.13. The maximum absolute atomic E-state index is 13.1. The number of nitrogens with zero attached hydrogens (tertiary/aromatic N) is 3. The van der Waals surface area contributed by atoms with Crippen molar-refractivity contribution in [1.29, 1.82) is 0 Å². The van der Waals surface area contributed by atoms with Gasteiger partial charge in [-0.15, -0.1) is 0 Å². The Bertz CT molecular complexity index is 1540. The van der Waals surface area contributed by atoms with E-state index in [1.807, 2.05) is 91.8 Å². The van der Waals surface area contributed by atoms with Gasteiger partial charge in [-0.1, -0.05) is 66.7 Å². The molecule has 5 aromatic rings. The van der Waals surface area contributed by atoms with Gasteiger partial charge in [0.15, 0.2) is 5.69 Å². The second kappa shape index (κ2) is 8.96. The molecule has 2 aromatic heterocycles. The second-order valence-corrected chi connectivity index (χ2v) is 8.62. The van der Waals surface area contributed by atoms with Gasteiger partial charge in [-0.2, -0.15) is 5.10 Å². The van der Waals surface area contributed by atoms with Crippen molar-refractivity contribution in [2.45, 2.75) is 6.04 Å². The number of amides is 1. The molecule has 1 amide bonds. The third kappa shape index (κ3) is 4.33. The van der Waals surface area contributed by atoms with Crippen LogP contribution in [0.3, 0.4) is 0 Å². The van der Waals surface area contributed by atoms with Gasteiger partial charge in [0.05, 0.1) is 17.9 Å². The lowest BCUT2D eigenvalue weighted by Crippen LogP contribution is -2.35. The van der Waals surface area contributed by atoms with Gasteiger partial charge in [0.2, 0.25) is 0 Å². The fourth-order valence-corrected chi connectivity index (χ4v) is 4.13. The summed E-state index contributed by atoms with van der Waals surface area (Å²) in [6.45, 7) is 0.635. The minimum atomic E-state index is -0.328. The quantitative estimate of drug-likeness (QED) is 0.411. The molecule has 0 radical (unpaired) electrons. The van der Waals surface area contributed by atoms with Crippen LogP contribution in [-0.2, 0) is 0 Å². The molecule has 0 saturated heterocycles. The standard InChI is InChI=1S/C27H25N5O2/c1-31(2)16-23(19-9-4-3-5-10-19)28-26(33)22-15-25-27(34)29-24(17-32(25)30-22)21-13-12-18-8-6-7-11-20(18)14-21/h3-15,17,23H,16H2,1-2H3,(H,28,33)(H,29,34)/t23-/m1/s1. The molecule has 0 fully saturated rings. The molecule has 0 aliphatic heterocycles. The second-order valence-electron chi connectivity index (χ2n) is 8.62. The Balaban J connectivity index is 1.47. The predicted molar refractivity (Wildman–Crippen MR) is 134 cm³/mol. The molecular weight excluding hydrogens is 426 g/mol. The minimum Gasteiger partial charge on any atom is -0.343 e. The zero-order valence-electron chi connectivity index (χ0n) is 19.0. The number of hydrogen-bond donors (Lipinski definition) is 2. The first-order chi connectivity index (χ1) is 16.5. The third-order valence-corrected chi connectivity index (χ3v) is 5.82. The highest BCUT2D eigenvalue weighted by Gasteiger charge is 2.19. The average molecular weight is 452 g/mol. The van der Waals surface area contributed by atoms with Crippen molar-refractivity contribution in [3.8, 4) is 11.3 Å². The van der Waals surface area contributed by atoms with Crippen molar-refractivity contribution in [2.75, 3.05) is 20.6 Å². The van der Waals surface area contributed by atoms with Crippen molar-refractivity contribution in [1.82, 2.24) is 24.8 Å². The number of rotatable bonds is 6. The number of hydrogen-bond acceptors (Lipinski definition) is 4. The number of H-pyrrole nitrogens is 1. The van der Waals surface area contributed by atoms with E-state index in [0.29, 0.717) is 17.8 Å². The molecule has 7 nitrogen and oxygen atoms in total. The van der Waals surface area contributed by atoms with Gasteiger partial charge in [0.25, 0.3) is 11.5 Å². The lowest BCUT2D eigenvalue weighted by Gasteiger charge is -2.22. The average Bonchev–Trinajstić information content (AvgIpc) is 3.29. The maximum Gasteiger partial charge on any atom is 0.274 e. The van der Waals surface area contributed by atoms with Crippen LogP contribution in [0.1, 0.15) is 22.1 Å². The molecule has 0 saturated carbocycles. The van der Waals surface area contributed by atoms with Gasteiger partial charge in [-0.25, -0.2) is 4.52 Å². The Morgan fingerprint density at radius 1 is 1.00 bits per heavy atom. The summed E-state index contributed by atoms with van der Waals surface area (Å²) >= 11 is 0. The van der Waals surface area contributed by atoms with Crippen molar-refractivity contribution in [2.24, 2.45) is 0 Å². The minimum absolute atomic E-state index is 0.195. The number of benzene rings is 3. The van der Waals surface area contributed by atoms with Crippen LogP contribution in [0, 0.1) is 0 Å². The number of carbonyl (C=O) groups excluding carboxylic acids is 1. The van der Waals surface area contributed by atoms with Gasteiger partial charge in [0, 0.05) is 18.2 Å². The summed E-state index contributed by atoms with van der Waals surface area (Å²) in [5, 5.41) is 9.68. The Kier molecular flexibility index (Phi) is 5.69. The molecule has 170 valence electrons. The largest absolute Gasteiger partial charge is 0.343 e. The summed E-state index contributed by atoms with van der Waals surface area (Å²) in [5.41, 5.74) is 2.72. The molecule has 0 bridgehead atoms. The van der Waals surface area contributed by atoms with Crippen molar-refractivity contribution in [3.05, 3.63) is 107 Å². The predicted octanol–water partition coefficient (Wildman–Crippen LogP) is 3.88. The lowest BCUT2D eigenvalue weighted by molar-refractivity contribution is 0.0924. The molecule has 34 heavy (non-hydrogen) atoms. The van der Waals surface area contributed by atoms with E-state index in [2.05, 4.69) is 15.4 Å². The van der Waals surface area contributed by atoms with E-state index in [1.165, 1.54) is 10.6 Å². The number of fused-ring (bicyclic) bond motifs is 2. The van der Waals surface area contributed by atoms with Gasteiger partial charge in [-0.3, -0.25) is 9.59 Å². The van der Waals surface area contributed by atoms with E-state index in [9.17, 15) is 9.59 Å². The zero-order valence-corrected chi connectivity index (χ0v) is 19.0. The first-order valence-electron chi connectivity index (χ1n) is 11.1. The SMILES string of the molecule is CN(C)C[C@@H](NC(=O)c1cc2c(=O)[nH]c(-c3ccc4ccccc4c3)cn2n1)c1ccccc1. The van der Waals surface area contributed by atoms with Crippen LogP contribution < -0.4 is 10.9 Å². The summed E-state index contributed by atoms with van der Waals surface area (Å²) in [7, 11) is 3.92. The zero-order chi connectivity index (χ0) is 23.7. The molecule has 2 heterocycles. The topological polar surface area (TPSA) is 82.5 Å². The van der Waals surface area contributed by atoms with Crippen LogP contribution in [0.15, 0.2) is 89.9 Å². The Morgan fingerprint density at radius 2 is 1.74 bits per heavy atom. The van der Waals surface area contributed by atoms with Gasteiger partial charge in [-0.05, 0) is 36.5 Å². The molecule has 2 N–H and O–H groups in total. The van der Waals surface area contributed by atoms with Crippen LogP contribution in [0.25, 0.3) is 27.5 Å². The van der Waals surface area contributed by atoms with E-state index in [-0.39, 0.29) is 23.2 Å². The van der Waals surface area contributed by atoms with Crippen LogP contribution in [0.5, 0.6) is 0 Å². The van der Waals surface area contributed by atoms with Crippen molar-refractivity contribution < 1.29 is 4.79 Å². The Labute approximate surface area is 196 Å². The molecule has 5 rings (SSSR count). The third-order valence-electron chi connectivity index (χ3n) is 5.82. The smallest absolute Gasteiger partial charge is 0.274 e. The first-order valence-corrected chi connectivity index (χ1v) is 11.1. The number of nitrogens with one attached hydrogen (secondary N) is 2. The van der Waals surface area contributed by atoms with E-state index < -0.39 is 0 Å². The van der Waals surface area contributed by atoms with Gasteiger partial charge in [0.1, 0.15) is 5.52 Å². The Morgan fingerprint density at radius 3 is 2.50 bits per heavy atom. The first kappa shape index (κ1) is 21.6. The Hall–Kier alpha value is -4.23. The monoisotopic (exact) mass is 451 g/mol. The summed E-state index contributed by atoms with van der Waals surface area (Å²) in [6.07, 6.45) is 1.74. The number of aromatic nitrogens is 3. The van der Waals surface area contributed by atoms with E-state index in [0.717, 1.165) is 21.9 Å². The molecule has 3 aromatic carbocycles. The lowest BCUT2D eigenvalue weighted by atomic mass is 10.1. The number of carbonyl (C=O) groups is 1. The number of likely N-dealkylation sites (N-methyl/N-ethyl adjacent to an activating group) is 1. The molecule has 7 heteroatoms. The van der Waals surface area contributed by atoms with E-state index in [4.69, 9.17) is 0 Å². The van der Waals surface area contributed by atoms with Crippen LogP contribution in [-0.4, -0.2) is 46.0 Å². The van der Waals surface area contributed by atoms with Crippen molar-refractivity contribution in [3.63, 3.8) is 0 Å². The number of aromatic amines is 1. The molecule has 0 aliphatic carbocycles. The van der Waals surface area contributed by atoms with E-state index >= 15 is 0 Å². The van der Waals surface area contributed by atoms with Crippen LogP contribution in [0.4, 0.5) is 0 Å². The van der Waals surface area contributed by atoms with E-state index in [1.54, 1.807) is 6.20 Å². The molecule has 0 unspecified atom stereocenters. The molecule has 0 spiro atoms. The summed E-state index contributed by atoms with van der Waals surface area (Å²) in [4.78, 5) is 30.8. The summed E-state index contributed by atoms with van der Waals surface area (Å²) < 4.78 is 1.47. The normalized spacial score (nSPS) is 12.3. The molecule has 0 aliphatic rings. The van der Waals surface area contributed by atoms with Gasteiger partial charge >= 0.3 is 0 Å². The highest BCUT2D eigenvalue weighted by atomic mass is 16.2. The summed E-state index contributed by atoms with van der Waals surface area (Å²) in [5.74, 6) is -0.328. The van der Waals surface area contributed by atoms with Crippen molar-refractivity contribution >= 4 is 22.2 Å². The highest BCUT2D eigenvalue weighted by molar-refractivity contribution is 5.94. The fraction of sp³-hybridized carbons (Fsp3) is 0.148. The maximum atomic E-state index is 13.1. The van der Waals surface area contributed by atoms with Gasteiger partial charge < -0.3 is 15.2 Å². The summed E-state index contributed by atoms with van der Waals surface area (Å²) in [6, 6.07) is 25.2. The van der Waals surface area contributed by atoms with Crippen LogP contribution >= 0.6 is 0 Å². The highest BCUT2D eigenvalue weighted by Crippen LogP contribution is 2.23. The van der Waals surface area contributed by atoms with Crippen LogP contribution in [0.2, 0.25) is 0 Å². The molecular formula is C27H25N5O2. The molecule has 1 atom stereocenters.